The van der Waals surface area contributed by atoms with Crippen LogP contribution < -0.4 is 10.6 Å². The van der Waals surface area contributed by atoms with E-state index < -0.39 is 0 Å². The van der Waals surface area contributed by atoms with Crippen molar-refractivity contribution in [3.63, 3.8) is 0 Å². The van der Waals surface area contributed by atoms with Crippen LogP contribution >= 0.6 is 0 Å². The molecule has 1 atom stereocenters. The predicted octanol–water partition coefficient (Wildman–Crippen LogP) is 2.91. The molecule has 3 nitrogen and oxygen atoms in total. The highest BCUT2D eigenvalue weighted by atomic mass is 15.1. The number of anilines is 1. The minimum atomic E-state index is 0.263. The number of hydrogen-bond donors (Lipinski definition) is 1. The lowest BCUT2D eigenvalue weighted by atomic mass is 9.91. The summed E-state index contributed by atoms with van der Waals surface area (Å²) in [6.07, 6.45) is 0.850. The third-order valence-electron chi connectivity index (χ3n) is 3.68. The highest BCUT2D eigenvalue weighted by molar-refractivity contribution is 5.48. The van der Waals surface area contributed by atoms with E-state index in [9.17, 15) is 0 Å². The van der Waals surface area contributed by atoms with E-state index in [1.807, 2.05) is 32.3 Å². The fourth-order valence-electron chi connectivity index (χ4n) is 2.45. The Morgan fingerprint density at radius 3 is 2.57 bits per heavy atom. The Morgan fingerprint density at radius 2 is 1.90 bits per heavy atom. The van der Waals surface area contributed by atoms with E-state index in [0.29, 0.717) is 12.1 Å². The van der Waals surface area contributed by atoms with E-state index in [0.717, 1.165) is 12.0 Å². The lowest BCUT2D eigenvalue weighted by Crippen LogP contribution is -2.16. The van der Waals surface area contributed by atoms with Gasteiger partial charge in [0.2, 0.25) is 0 Å². The summed E-state index contributed by atoms with van der Waals surface area (Å²) in [5.74, 6) is 0.263. The molecular formula is C18H21N3. The summed E-state index contributed by atoms with van der Waals surface area (Å²) in [5.41, 5.74) is 10.2. The zero-order chi connectivity index (χ0) is 15.2. The highest BCUT2D eigenvalue weighted by Gasteiger charge is 2.12. The lowest BCUT2D eigenvalue weighted by Gasteiger charge is -2.19. The zero-order valence-electron chi connectivity index (χ0n) is 12.6. The molecule has 0 amide bonds. The van der Waals surface area contributed by atoms with Gasteiger partial charge in [0, 0.05) is 25.7 Å². The number of nitriles is 1. The van der Waals surface area contributed by atoms with Crippen LogP contribution in [-0.4, -0.2) is 20.6 Å². The maximum Gasteiger partial charge on any atom is 0.0991 e. The van der Waals surface area contributed by atoms with Gasteiger partial charge >= 0.3 is 0 Å². The molecule has 0 heterocycles. The van der Waals surface area contributed by atoms with Gasteiger partial charge < -0.3 is 10.6 Å². The van der Waals surface area contributed by atoms with Crippen LogP contribution in [0.1, 0.15) is 22.6 Å². The fourth-order valence-corrected chi connectivity index (χ4v) is 2.45. The smallest absolute Gasteiger partial charge is 0.0991 e. The molecule has 0 aromatic heterocycles. The van der Waals surface area contributed by atoms with Crippen LogP contribution in [0.3, 0.4) is 0 Å². The molecule has 0 aliphatic carbocycles. The highest BCUT2D eigenvalue weighted by Crippen LogP contribution is 2.24. The Labute approximate surface area is 126 Å². The topological polar surface area (TPSA) is 53.0 Å². The maximum absolute atomic E-state index is 8.99. The van der Waals surface area contributed by atoms with Gasteiger partial charge in [0.25, 0.3) is 0 Å². The van der Waals surface area contributed by atoms with Crippen LogP contribution in [0.5, 0.6) is 0 Å². The summed E-state index contributed by atoms with van der Waals surface area (Å²) in [6, 6.07) is 18.4. The molecule has 0 saturated heterocycles. The molecule has 0 aliphatic heterocycles. The molecule has 0 radical (unpaired) electrons. The summed E-state index contributed by atoms with van der Waals surface area (Å²) >= 11 is 0. The second-order valence-corrected chi connectivity index (χ2v) is 5.44. The van der Waals surface area contributed by atoms with Gasteiger partial charge in [-0.2, -0.15) is 5.26 Å². The van der Waals surface area contributed by atoms with E-state index in [2.05, 4.69) is 41.3 Å². The van der Waals surface area contributed by atoms with E-state index in [1.165, 1.54) is 11.3 Å². The van der Waals surface area contributed by atoms with Gasteiger partial charge in [0.05, 0.1) is 11.6 Å². The number of nitrogens with two attached hydrogens (primary N) is 1. The predicted molar refractivity (Wildman–Crippen MR) is 87.4 cm³/mol. The van der Waals surface area contributed by atoms with Crippen molar-refractivity contribution in [3.05, 3.63) is 65.2 Å². The summed E-state index contributed by atoms with van der Waals surface area (Å²) in [4.78, 5) is 2.09. The Kier molecular flexibility index (Phi) is 4.97. The van der Waals surface area contributed by atoms with Gasteiger partial charge in [-0.1, -0.05) is 24.3 Å². The summed E-state index contributed by atoms with van der Waals surface area (Å²) in [5, 5.41) is 8.99. The first kappa shape index (κ1) is 15.1. The Balaban J connectivity index is 2.23. The molecule has 0 saturated carbocycles. The first-order valence-corrected chi connectivity index (χ1v) is 7.10. The third-order valence-corrected chi connectivity index (χ3v) is 3.68. The molecule has 2 rings (SSSR count). The van der Waals surface area contributed by atoms with Crippen molar-refractivity contribution in [1.82, 2.24) is 0 Å². The lowest BCUT2D eigenvalue weighted by molar-refractivity contribution is 0.694. The van der Waals surface area contributed by atoms with Crippen molar-refractivity contribution >= 4 is 5.69 Å². The first-order chi connectivity index (χ1) is 10.1. The van der Waals surface area contributed by atoms with Gasteiger partial charge in [-0.3, -0.25) is 0 Å². The van der Waals surface area contributed by atoms with E-state index in [1.54, 1.807) is 0 Å². The number of rotatable bonds is 5. The van der Waals surface area contributed by atoms with Gasteiger partial charge in [0.1, 0.15) is 0 Å². The van der Waals surface area contributed by atoms with E-state index in [4.69, 9.17) is 11.0 Å². The van der Waals surface area contributed by atoms with Crippen molar-refractivity contribution < 1.29 is 0 Å². The quantitative estimate of drug-likeness (QED) is 0.915. The van der Waals surface area contributed by atoms with Crippen LogP contribution in [0, 0.1) is 11.3 Å². The average molecular weight is 279 g/mol. The number of nitrogens with zero attached hydrogens (tertiary/aromatic N) is 2. The molecule has 2 aromatic rings. The molecule has 1 unspecified atom stereocenters. The normalized spacial score (nSPS) is 11.7. The van der Waals surface area contributed by atoms with Crippen molar-refractivity contribution in [2.24, 2.45) is 5.73 Å². The molecule has 21 heavy (non-hydrogen) atoms. The molecule has 0 bridgehead atoms. The Morgan fingerprint density at radius 1 is 1.14 bits per heavy atom. The van der Waals surface area contributed by atoms with Crippen molar-refractivity contribution in [3.8, 4) is 6.07 Å². The fraction of sp³-hybridized carbons (Fsp3) is 0.278. The van der Waals surface area contributed by atoms with Gasteiger partial charge in [-0.25, -0.2) is 0 Å². The molecule has 2 aromatic carbocycles. The third kappa shape index (κ3) is 3.84. The Bertz CT molecular complexity index is 641. The first-order valence-electron chi connectivity index (χ1n) is 7.10. The molecule has 0 fully saturated rings. The average Bonchev–Trinajstić information content (AvgIpc) is 2.53. The van der Waals surface area contributed by atoms with Gasteiger partial charge in [0.15, 0.2) is 0 Å². The molecule has 0 spiro atoms. The summed E-state index contributed by atoms with van der Waals surface area (Å²) in [7, 11) is 4.07. The van der Waals surface area contributed by atoms with Crippen LogP contribution in [0.4, 0.5) is 5.69 Å². The maximum atomic E-state index is 8.99. The second kappa shape index (κ2) is 6.92. The molecular weight excluding hydrogens is 258 g/mol. The van der Waals surface area contributed by atoms with E-state index in [-0.39, 0.29) is 5.92 Å². The van der Waals surface area contributed by atoms with Crippen molar-refractivity contribution in [1.29, 1.82) is 5.26 Å². The SMILES string of the molecule is CN(C)c1cccc(C(CN)Cc2cccc(C#N)c2)c1. The standard InChI is InChI=1S/C18H21N3/c1-21(2)18-8-4-7-16(11-18)17(13-20)10-14-5-3-6-15(9-14)12-19/h3-9,11,17H,10,13,20H2,1-2H3. The second-order valence-electron chi connectivity index (χ2n) is 5.44. The van der Waals surface area contributed by atoms with E-state index >= 15 is 0 Å². The molecule has 2 N–H and O–H groups in total. The summed E-state index contributed by atoms with van der Waals surface area (Å²) < 4.78 is 0. The largest absolute Gasteiger partial charge is 0.378 e. The minimum Gasteiger partial charge on any atom is -0.378 e. The van der Waals surface area contributed by atoms with Crippen molar-refractivity contribution in [2.45, 2.75) is 12.3 Å². The monoisotopic (exact) mass is 279 g/mol. The zero-order valence-corrected chi connectivity index (χ0v) is 12.6. The van der Waals surface area contributed by atoms with Gasteiger partial charge in [-0.05, 0) is 48.4 Å². The van der Waals surface area contributed by atoms with Gasteiger partial charge in [-0.15, -0.1) is 0 Å². The number of hydrogen-bond acceptors (Lipinski definition) is 3. The van der Waals surface area contributed by atoms with Crippen LogP contribution in [-0.2, 0) is 6.42 Å². The molecule has 0 aliphatic rings. The van der Waals surface area contributed by atoms with Crippen LogP contribution in [0.15, 0.2) is 48.5 Å². The number of benzene rings is 2. The van der Waals surface area contributed by atoms with Crippen LogP contribution in [0.25, 0.3) is 0 Å². The van der Waals surface area contributed by atoms with Crippen LogP contribution in [0.2, 0.25) is 0 Å². The minimum absolute atomic E-state index is 0.263. The molecule has 108 valence electrons. The van der Waals surface area contributed by atoms with Crippen molar-refractivity contribution in [2.75, 3.05) is 25.5 Å². The summed E-state index contributed by atoms with van der Waals surface area (Å²) in [6.45, 7) is 0.591. The Hall–Kier alpha value is -2.31. The molecule has 3 heteroatoms.